The minimum Gasteiger partial charge on any atom is -0.393 e. The van der Waals surface area contributed by atoms with E-state index >= 15 is 0 Å². The maximum Gasteiger partial charge on any atom is 0.0541 e. The number of aliphatic hydroxyl groups is 1. The Balaban J connectivity index is 1.93. The first-order chi connectivity index (χ1) is 9.06. The minimum absolute atomic E-state index is 0.0657. The average molecular weight is 261 g/mol. The van der Waals surface area contributed by atoms with Crippen molar-refractivity contribution in [3.05, 3.63) is 34.9 Å². The van der Waals surface area contributed by atoms with Crippen LogP contribution >= 0.6 is 0 Å². The number of hydrogen-bond acceptors (Lipinski definition) is 2. The molecule has 1 aromatic carbocycles. The minimum atomic E-state index is -0.0657. The summed E-state index contributed by atoms with van der Waals surface area (Å²) < 4.78 is 0. The predicted octanol–water partition coefficient (Wildman–Crippen LogP) is 3.51. The van der Waals surface area contributed by atoms with Crippen molar-refractivity contribution in [2.45, 2.75) is 71.1 Å². The second kappa shape index (κ2) is 6.53. The highest BCUT2D eigenvalue weighted by Crippen LogP contribution is 2.21. The highest BCUT2D eigenvalue weighted by Gasteiger charge is 2.18. The van der Waals surface area contributed by atoms with Crippen LogP contribution in [0.3, 0.4) is 0 Å². The van der Waals surface area contributed by atoms with E-state index in [0.29, 0.717) is 12.0 Å². The standard InChI is InChI=1S/C17H27NO/c1-12(2)14-5-4-13(3)15(10-14)11-18-16-6-8-17(19)9-7-16/h4-5,10,12,16-19H,6-9,11H2,1-3H3. The van der Waals surface area contributed by atoms with Gasteiger partial charge in [-0.05, 0) is 55.2 Å². The molecule has 1 aromatic rings. The normalized spacial score (nSPS) is 23.8. The van der Waals surface area contributed by atoms with Crippen LogP contribution in [0.15, 0.2) is 18.2 Å². The van der Waals surface area contributed by atoms with Crippen molar-refractivity contribution >= 4 is 0 Å². The summed E-state index contributed by atoms with van der Waals surface area (Å²) in [6, 6.07) is 7.38. The van der Waals surface area contributed by atoms with Crippen molar-refractivity contribution in [1.82, 2.24) is 5.32 Å². The van der Waals surface area contributed by atoms with Gasteiger partial charge in [0.15, 0.2) is 0 Å². The average Bonchev–Trinajstić information content (AvgIpc) is 2.39. The van der Waals surface area contributed by atoms with Crippen LogP contribution in [-0.2, 0) is 6.54 Å². The molecule has 1 fully saturated rings. The summed E-state index contributed by atoms with van der Waals surface area (Å²) in [5.41, 5.74) is 4.20. The van der Waals surface area contributed by atoms with Gasteiger partial charge in [-0.1, -0.05) is 32.0 Å². The molecule has 0 aliphatic heterocycles. The Hall–Kier alpha value is -0.860. The molecular formula is C17H27NO. The van der Waals surface area contributed by atoms with Gasteiger partial charge in [-0.15, -0.1) is 0 Å². The van der Waals surface area contributed by atoms with Crippen LogP contribution in [0.25, 0.3) is 0 Å². The zero-order chi connectivity index (χ0) is 13.8. The fourth-order valence-corrected chi connectivity index (χ4v) is 2.78. The van der Waals surface area contributed by atoms with Crippen LogP contribution in [0, 0.1) is 6.92 Å². The molecule has 0 atom stereocenters. The number of aryl methyl sites for hydroxylation is 1. The van der Waals surface area contributed by atoms with Crippen LogP contribution in [0.4, 0.5) is 0 Å². The van der Waals surface area contributed by atoms with Gasteiger partial charge in [0, 0.05) is 12.6 Å². The number of benzene rings is 1. The summed E-state index contributed by atoms with van der Waals surface area (Å²) in [6.45, 7) is 7.62. The van der Waals surface area contributed by atoms with Crippen LogP contribution in [0.2, 0.25) is 0 Å². The molecule has 19 heavy (non-hydrogen) atoms. The first-order valence-corrected chi connectivity index (χ1v) is 7.57. The molecule has 1 aliphatic carbocycles. The van der Waals surface area contributed by atoms with Gasteiger partial charge in [0.2, 0.25) is 0 Å². The Morgan fingerprint density at radius 2 is 1.89 bits per heavy atom. The zero-order valence-electron chi connectivity index (χ0n) is 12.4. The predicted molar refractivity (Wildman–Crippen MR) is 80.4 cm³/mol. The Bertz CT molecular complexity index is 406. The van der Waals surface area contributed by atoms with E-state index < -0.39 is 0 Å². The van der Waals surface area contributed by atoms with Gasteiger partial charge in [0.05, 0.1) is 6.10 Å². The molecule has 2 N–H and O–H groups in total. The third kappa shape index (κ3) is 4.05. The molecule has 1 aliphatic rings. The molecule has 2 nitrogen and oxygen atoms in total. The Kier molecular flexibility index (Phi) is 5.00. The third-order valence-corrected chi connectivity index (χ3v) is 4.32. The molecule has 0 unspecified atom stereocenters. The molecule has 0 heterocycles. The van der Waals surface area contributed by atoms with Crippen molar-refractivity contribution in [3.63, 3.8) is 0 Å². The lowest BCUT2D eigenvalue weighted by Crippen LogP contribution is -2.34. The number of hydrogen-bond donors (Lipinski definition) is 2. The molecule has 2 rings (SSSR count). The van der Waals surface area contributed by atoms with Gasteiger partial charge in [-0.3, -0.25) is 0 Å². The highest BCUT2D eigenvalue weighted by molar-refractivity contribution is 5.32. The van der Waals surface area contributed by atoms with E-state index in [1.807, 2.05) is 0 Å². The fourth-order valence-electron chi connectivity index (χ4n) is 2.78. The van der Waals surface area contributed by atoms with E-state index in [1.54, 1.807) is 0 Å². The maximum absolute atomic E-state index is 9.53. The molecule has 0 aromatic heterocycles. The third-order valence-electron chi connectivity index (χ3n) is 4.32. The molecule has 1 saturated carbocycles. The van der Waals surface area contributed by atoms with Crippen molar-refractivity contribution in [3.8, 4) is 0 Å². The number of rotatable bonds is 4. The monoisotopic (exact) mass is 261 g/mol. The molecule has 0 amide bonds. The molecule has 106 valence electrons. The quantitative estimate of drug-likeness (QED) is 0.869. The Morgan fingerprint density at radius 3 is 2.53 bits per heavy atom. The van der Waals surface area contributed by atoms with Gasteiger partial charge in [0.1, 0.15) is 0 Å². The molecular weight excluding hydrogens is 234 g/mol. The number of aliphatic hydroxyl groups excluding tert-OH is 1. The van der Waals surface area contributed by atoms with E-state index in [0.717, 1.165) is 32.2 Å². The Morgan fingerprint density at radius 1 is 1.21 bits per heavy atom. The van der Waals surface area contributed by atoms with E-state index in [1.165, 1.54) is 16.7 Å². The van der Waals surface area contributed by atoms with Crippen molar-refractivity contribution in [1.29, 1.82) is 0 Å². The molecule has 2 heteroatoms. The van der Waals surface area contributed by atoms with E-state index in [4.69, 9.17) is 0 Å². The molecule has 0 radical (unpaired) electrons. The van der Waals surface area contributed by atoms with Gasteiger partial charge in [-0.25, -0.2) is 0 Å². The fraction of sp³-hybridized carbons (Fsp3) is 0.647. The largest absolute Gasteiger partial charge is 0.393 e. The van der Waals surface area contributed by atoms with Gasteiger partial charge in [-0.2, -0.15) is 0 Å². The van der Waals surface area contributed by atoms with Gasteiger partial charge in [0.25, 0.3) is 0 Å². The lowest BCUT2D eigenvalue weighted by atomic mass is 9.92. The van der Waals surface area contributed by atoms with E-state index in [-0.39, 0.29) is 6.10 Å². The smallest absolute Gasteiger partial charge is 0.0541 e. The SMILES string of the molecule is Cc1ccc(C(C)C)cc1CNC1CCC(O)CC1. The van der Waals surface area contributed by atoms with E-state index in [2.05, 4.69) is 44.3 Å². The summed E-state index contributed by atoms with van der Waals surface area (Å²) in [6.07, 6.45) is 4.03. The van der Waals surface area contributed by atoms with Crippen LogP contribution in [0.1, 0.15) is 62.1 Å². The summed E-state index contributed by atoms with van der Waals surface area (Å²) in [5.74, 6) is 0.587. The number of nitrogens with one attached hydrogen (secondary N) is 1. The highest BCUT2D eigenvalue weighted by atomic mass is 16.3. The van der Waals surface area contributed by atoms with E-state index in [9.17, 15) is 5.11 Å². The van der Waals surface area contributed by atoms with Gasteiger partial charge < -0.3 is 10.4 Å². The van der Waals surface area contributed by atoms with Crippen LogP contribution in [-0.4, -0.2) is 17.3 Å². The van der Waals surface area contributed by atoms with Crippen molar-refractivity contribution in [2.75, 3.05) is 0 Å². The summed E-state index contributed by atoms with van der Waals surface area (Å²) in [5, 5.41) is 13.2. The van der Waals surface area contributed by atoms with Crippen molar-refractivity contribution in [2.24, 2.45) is 0 Å². The zero-order valence-corrected chi connectivity index (χ0v) is 12.4. The lowest BCUT2D eigenvalue weighted by Gasteiger charge is -2.26. The second-order valence-corrected chi connectivity index (χ2v) is 6.23. The summed E-state index contributed by atoms with van der Waals surface area (Å²) in [7, 11) is 0. The molecule has 0 saturated heterocycles. The van der Waals surface area contributed by atoms with Gasteiger partial charge >= 0.3 is 0 Å². The summed E-state index contributed by atoms with van der Waals surface area (Å²) in [4.78, 5) is 0. The molecule has 0 bridgehead atoms. The second-order valence-electron chi connectivity index (χ2n) is 6.23. The maximum atomic E-state index is 9.53. The topological polar surface area (TPSA) is 32.3 Å². The van der Waals surface area contributed by atoms with Crippen LogP contribution < -0.4 is 5.32 Å². The van der Waals surface area contributed by atoms with Crippen molar-refractivity contribution < 1.29 is 5.11 Å². The summed E-state index contributed by atoms with van der Waals surface area (Å²) >= 11 is 0. The van der Waals surface area contributed by atoms with Crippen LogP contribution in [0.5, 0.6) is 0 Å². The lowest BCUT2D eigenvalue weighted by molar-refractivity contribution is 0.116. The first-order valence-electron chi connectivity index (χ1n) is 7.57. The Labute approximate surface area is 117 Å². The molecule has 0 spiro atoms. The first kappa shape index (κ1) is 14.5.